The van der Waals surface area contributed by atoms with Gasteiger partial charge < -0.3 is 14.8 Å². The molecule has 0 aliphatic rings. The molecule has 8 nitrogen and oxygen atoms in total. The number of rotatable bonds is 6. The maximum atomic E-state index is 12.4. The summed E-state index contributed by atoms with van der Waals surface area (Å²) >= 11 is 0. The Balaban J connectivity index is 2.23. The highest BCUT2D eigenvalue weighted by molar-refractivity contribution is 5.69. The Morgan fingerprint density at radius 1 is 1.38 bits per heavy atom. The molecule has 0 amide bonds. The molecule has 0 aromatic carbocycles. The van der Waals surface area contributed by atoms with E-state index in [0.29, 0.717) is 11.2 Å². The van der Waals surface area contributed by atoms with E-state index in [2.05, 4.69) is 4.98 Å². The van der Waals surface area contributed by atoms with Gasteiger partial charge in [-0.2, -0.15) is 0 Å². The van der Waals surface area contributed by atoms with E-state index in [1.54, 1.807) is 11.6 Å². The highest BCUT2D eigenvalue weighted by Crippen LogP contribution is 2.05. The van der Waals surface area contributed by atoms with Gasteiger partial charge >= 0.3 is 5.69 Å². The summed E-state index contributed by atoms with van der Waals surface area (Å²) in [5.74, 6) is 0. The van der Waals surface area contributed by atoms with Crippen LogP contribution in [0.3, 0.4) is 0 Å². The smallest absolute Gasteiger partial charge is 0.332 e. The third-order valence-electron chi connectivity index (χ3n) is 3.35. The maximum absolute atomic E-state index is 12.4. The predicted octanol–water partition coefficient (Wildman–Crippen LogP) is -1.04. The molecule has 0 spiro atoms. The fourth-order valence-electron chi connectivity index (χ4n) is 2.19. The zero-order chi connectivity index (χ0) is 17.3. The highest BCUT2D eigenvalue weighted by Gasteiger charge is 2.14. The molecule has 3 atom stereocenters. The third-order valence-corrected chi connectivity index (χ3v) is 3.35. The van der Waals surface area contributed by atoms with E-state index in [1.165, 1.54) is 17.9 Å². The molecule has 2 aromatic heterocycles. The van der Waals surface area contributed by atoms with E-state index >= 15 is 0 Å². The summed E-state index contributed by atoms with van der Waals surface area (Å²) in [7, 11) is 3.19. The minimum Gasteiger partial charge on any atom is -0.394 e. The lowest BCUT2D eigenvalue weighted by molar-refractivity contribution is 0.0858. The second kappa shape index (κ2) is 6.23. The molecule has 0 fully saturated rings. The third kappa shape index (κ3) is 2.91. The molecule has 0 radical (unpaired) electrons. The molecule has 2 aromatic rings. The minimum atomic E-state index is -1.74. The topological polar surface area (TPSA) is 102 Å². The van der Waals surface area contributed by atoms with Crippen molar-refractivity contribution in [3.63, 3.8) is 0 Å². The molecule has 116 valence electrons. The number of fused-ring (bicyclic) bond motifs is 1. The van der Waals surface area contributed by atoms with Crippen LogP contribution in [-0.2, 0) is 20.6 Å². The summed E-state index contributed by atoms with van der Waals surface area (Å²) in [6, 6.07) is 0. The van der Waals surface area contributed by atoms with E-state index < -0.39 is 30.3 Å². The van der Waals surface area contributed by atoms with Crippen molar-refractivity contribution < 1.29 is 13.0 Å². The molecule has 2 N–H and O–H groups in total. The standard InChI is InChI=1S/C13H20N4O4/c1-15-8-14-11-10(15)12(20)17(13(21)16(11)2)6-4-3-5-9(19)7-18/h8-9,18-19H,3-7H2,1-2H3/i5D,7D. The van der Waals surface area contributed by atoms with Crippen molar-refractivity contribution in [2.75, 3.05) is 6.58 Å². The first-order chi connectivity index (χ1) is 10.8. The van der Waals surface area contributed by atoms with Gasteiger partial charge in [0.05, 0.1) is 20.4 Å². The number of nitrogens with zero attached hydrogens (tertiary/aromatic N) is 4. The van der Waals surface area contributed by atoms with Crippen molar-refractivity contribution in [1.82, 2.24) is 18.7 Å². The van der Waals surface area contributed by atoms with E-state index in [-0.39, 0.29) is 19.4 Å². The van der Waals surface area contributed by atoms with Crippen LogP contribution < -0.4 is 11.2 Å². The van der Waals surface area contributed by atoms with Crippen LogP contribution in [0, 0.1) is 0 Å². The van der Waals surface area contributed by atoms with Gasteiger partial charge in [0.1, 0.15) is 0 Å². The summed E-state index contributed by atoms with van der Waals surface area (Å²) in [6.45, 7) is -1.65. The monoisotopic (exact) mass is 298 g/mol. The molecule has 8 heteroatoms. The lowest BCUT2D eigenvalue weighted by Crippen LogP contribution is -2.39. The van der Waals surface area contributed by atoms with E-state index in [0.717, 1.165) is 4.57 Å². The van der Waals surface area contributed by atoms with Gasteiger partial charge in [-0.25, -0.2) is 9.78 Å². The fourth-order valence-corrected chi connectivity index (χ4v) is 2.19. The molecule has 0 saturated heterocycles. The highest BCUT2D eigenvalue weighted by atomic mass is 16.3. The van der Waals surface area contributed by atoms with Crippen LogP contribution in [0.2, 0.25) is 0 Å². The van der Waals surface area contributed by atoms with Crippen LogP contribution in [0.15, 0.2) is 15.9 Å². The average Bonchev–Trinajstić information content (AvgIpc) is 2.89. The van der Waals surface area contributed by atoms with Crippen molar-refractivity contribution in [1.29, 1.82) is 0 Å². The number of aryl methyl sites for hydroxylation is 2. The molecule has 2 heterocycles. The predicted molar refractivity (Wildman–Crippen MR) is 77.2 cm³/mol. The van der Waals surface area contributed by atoms with Crippen LogP contribution in [0.25, 0.3) is 11.2 Å². The molecule has 0 bridgehead atoms. The lowest BCUT2D eigenvalue weighted by Gasteiger charge is -2.09. The zero-order valence-electron chi connectivity index (χ0n) is 13.9. The SMILES string of the molecule is [2H]C(O)C(O)C([2H])CCCn1c(=O)c2c(ncn2C)n(C)c1=O. The molecule has 0 aliphatic heterocycles. The Kier molecular flexibility index (Phi) is 3.79. The van der Waals surface area contributed by atoms with Gasteiger partial charge in [-0.05, 0) is 19.2 Å². The van der Waals surface area contributed by atoms with Gasteiger partial charge in [-0.1, -0.05) is 0 Å². The van der Waals surface area contributed by atoms with Crippen LogP contribution in [0.4, 0.5) is 0 Å². The molecule has 0 aliphatic carbocycles. The van der Waals surface area contributed by atoms with Crippen LogP contribution in [0.5, 0.6) is 0 Å². The molecule has 2 rings (SSSR count). The van der Waals surface area contributed by atoms with Crippen molar-refractivity contribution in [3.05, 3.63) is 27.2 Å². The lowest BCUT2D eigenvalue weighted by atomic mass is 10.1. The molecule has 21 heavy (non-hydrogen) atoms. The Bertz CT molecular complexity index is 811. The van der Waals surface area contributed by atoms with Crippen molar-refractivity contribution in [3.8, 4) is 0 Å². The Hall–Kier alpha value is -1.93. The van der Waals surface area contributed by atoms with Gasteiger partial charge in [-0.3, -0.25) is 13.9 Å². The quantitative estimate of drug-likeness (QED) is 0.709. The Morgan fingerprint density at radius 2 is 2.10 bits per heavy atom. The molecule has 0 saturated carbocycles. The first-order valence-corrected chi connectivity index (χ1v) is 6.57. The minimum absolute atomic E-state index is 0.0861. The van der Waals surface area contributed by atoms with E-state index in [4.69, 9.17) is 7.85 Å². The number of aliphatic hydroxyl groups is 2. The summed E-state index contributed by atoms with van der Waals surface area (Å²) in [4.78, 5) is 28.7. The van der Waals surface area contributed by atoms with Crippen molar-refractivity contribution in [2.45, 2.75) is 31.9 Å². The van der Waals surface area contributed by atoms with Crippen molar-refractivity contribution >= 4 is 11.2 Å². The normalized spacial score (nSPS) is 17.3. The summed E-state index contributed by atoms with van der Waals surface area (Å²) in [6.07, 6.45) is -0.634. The second-order valence-electron chi connectivity index (χ2n) is 4.84. The number of hydrogen-bond donors (Lipinski definition) is 2. The molecule has 3 unspecified atom stereocenters. The Labute approximate surface area is 123 Å². The van der Waals surface area contributed by atoms with Gasteiger partial charge in [-0.15, -0.1) is 0 Å². The van der Waals surface area contributed by atoms with Gasteiger partial charge in [0, 0.05) is 22.0 Å². The Morgan fingerprint density at radius 3 is 2.76 bits per heavy atom. The number of aromatic nitrogens is 4. The maximum Gasteiger partial charge on any atom is 0.332 e. The fraction of sp³-hybridized carbons (Fsp3) is 0.615. The summed E-state index contributed by atoms with van der Waals surface area (Å²) < 4.78 is 18.5. The van der Waals surface area contributed by atoms with E-state index in [9.17, 15) is 14.7 Å². The summed E-state index contributed by atoms with van der Waals surface area (Å²) in [5.41, 5.74) is -0.324. The number of hydrogen-bond acceptors (Lipinski definition) is 5. The first kappa shape index (κ1) is 12.8. The number of aliphatic hydroxyl groups excluding tert-OH is 2. The van der Waals surface area contributed by atoms with Gasteiger partial charge in [0.15, 0.2) is 11.2 Å². The van der Waals surface area contributed by atoms with E-state index in [1.807, 2.05) is 0 Å². The van der Waals surface area contributed by atoms with Crippen LogP contribution in [-0.4, -0.2) is 41.6 Å². The molecular formula is C13H20N4O4. The largest absolute Gasteiger partial charge is 0.394 e. The van der Waals surface area contributed by atoms with Crippen molar-refractivity contribution in [2.24, 2.45) is 14.1 Å². The van der Waals surface area contributed by atoms with Gasteiger partial charge in [0.25, 0.3) is 5.56 Å². The zero-order valence-corrected chi connectivity index (χ0v) is 11.9. The van der Waals surface area contributed by atoms with Crippen LogP contribution in [0.1, 0.15) is 22.0 Å². The number of imidazole rings is 1. The average molecular weight is 298 g/mol. The van der Waals surface area contributed by atoms with Crippen LogP contribution >= 0.6 is 0 Å². The second-order valence-corrected chi connectivity index (χ2v) is 4.84. The summed E-state index contributed by atoms with van der Waals surface area (Å²) in [5, 5.41) is 18.4. The molecular weight excluding hydrogens is 276 g/mol. The first-order valence-electron chi connectivity index (χ1n) is 7.72. The van der Waals surface area contributed by atoms with Gasteiger partial charge in [0.2, 0.25) is 0 Å².